The van der Waals surface area contributed by atoms with E-state index in [-0.39, 0.29) is 0 Å². The SMILES string of the molecule is COc1ncccc1CNCc1ccc(C)nc1. The second-order valence-electron chi connectivity index (χ2n) is 4.08. The molecular weight excluding hydrogens is 226 g/mol. The van der Waals surface area contributed by atoms with Gasteiger partial charge in [-0.15, -0.1) is 0 Å². The minimum absolute atomic E-state index is 0.673. The molecule has 0 aromatic carbocycles. The fourth-order valence-corrected chi connectivity index (χ4v) is 1.69. The Hall–Kier alpha value is -1.94. The average molecular weight is 243 g/mol. The van der Waals surface area contributed by atoms with E-state index in [1.165, 1.54) is 5.56 Å². The molecule has 0 spiro atoms. The standard InChI is InChI=1S/C14H17N3O/c1-11-5-6-12(9-17-11)8-15-10-13-4-3-7-16-14(13)18-2/h3-7,9,15H,8,10H2,1-2H3. The zero-order valence-electron chi connectivity index (χ0n) is 10.7. The van der Waals surface area contributed by atoms with Gasteiger partial charge in [-0.1, -0.05) is 12.1 Å². The average Bonchev–Trinajstić information content (AvgIpc) is 2.41. The van der Waals surface area contributed by atoms with Gasteiger partial charge in [-0.05, 0) is 24.6 Å². The topological polar surface area (TPSA) is 47.0 Å². The van der Waals surface area contributed by atoms with Crippen molar-refractivity contribution in [3.8, 4) is 5.88 Å². The van der Waals surface area contributed by atoms with Crippen LogP contribution in [0.3, 0.4) is 0 Å². The molecule has 0 aliphatic rings. The number of aryl methyl sites for hydroxylation is 1. The zero-order valence-corrected chi connectivity index (χ0v) is 10.7. The van der Waals surface area contributed by atoms with E-state index in [1.54, 1.807) is 13.3 Å². The van der Waals surface area contributed by atoms with Crippen LogP contribution < -0.4 is 10.1 Å². The maximum absolute atomic E-state index is 5.20. The third-order valence-electron chi connectivity index (χ3n) is 2.66. The van der Waals surface area contributed by atoms with Crippen LogP contribution in [0, 0.1) is 6.92 Å². The van der Waals surface area contributed by atoms with Crippen LogP contribution in [0.25, 0.3) is 0 Å². The lowest BCUT2D eigenvalue weighted by molar-refractivity contribution is 0.390. The lowest BCUT2D eigenvalue weighted by atomic mass is 10.2. The third-order valence-corrected chi connectivity index (χ3v) is 2.66. The summed E-state index contributed by atoms with van der Waals surface area (Å²) in [7, 11) is 1.63. The number of pyridine rings is 2. The van der Waals surface area contributed by atoms with E-state index in [1.807, 2.05) is 31.3 Å². The van der Waals surface area contributed by atoms with Gasteiger partial charge in [0, 0.05) is 36.7 Å². The number of ether oxygens (including phenoxy) is 1. The monoisotopic (exact) mass is 243 g/mol. The molecule has 2 aromatic heterocycles. The summed E-state index contributed by atoms with van der Waals surface area (Å²) in [4.78, 5) is 8.42. The Balaban J connectivity index is 1.90. The maximum atomic E-state index is 5.20. The first-order valence-electron chi connectivity index (χ1n) is 5.89. The Kier molecular flexibility index (Phi) is 4.25. The summed E-state index contributed by atoms with van der Waals surface area (Å²) in [6.45, 7) is 3.49. The first-order chi connectivity index (χ1) is 8.79. The number of methoxy groups -OCH3 is 1. The molecule has 0 saturated carbocycles. The van der Waals surface area contributed by atoms with E-state index >= 15 is 0 Å². The molecule has 1 N–H and O–H groups in total. The van der Waals surface area contributed by atoms with Gasteiger partial charge in [0.25, 0.3) is 0 Å². The van der Waals surface area contributed by atoms with E-state index in [0.29, 0.717) is 5.88 Å². The van der Waals surface area contributed by atoms with Gasteiger partial charge < -0.3 is 10.1 Å². The van der Waals surface area contributed by atoms with Crippen LogP contribution in [0.15, 0.2) is 36.7 Å². The normalized spacial score (nSPS) is 10.3. The molecule has 0 unspecified atom stereocenters. The molecule has 0 aliphatic heterocycles. The second kappa shape index (κ2) is 6.12. The first-order valence-corrected chi connectivity index (χ1v) is 5.89. The number of nitrogens with one attached hydrogen (secondary N) is 1. The van der Waals surface area contributed by atoms with Crippen molar-refractivity contribution in [1.29, 1.82) is 0 Å². The van der Waals surface area contributed by atoms with Crippen LogP contribution in [0.2, 0.25) is 0 Å². The predicted octanol–water partition coefficient (Wildman–Crippen LogP) is 2.08. The van der Waals surface area contributed by atoms with Gasteiger partial charge in [0.2, 0.25) is 5.88 Å². The van der Waals surface area contributed by atoms with Crippen LogP contribution in [-0.4, -0.2) is 17.1 Å². The minimum Gasteiger partial charge on any atom is -0.481 e. The van der Waals surface area contributed by atoms with Crippen LogP contribution in [0.5, 0.6) is 5.88 Å². The van der Waals surface area contributed by atoms with Crippen LogP contribution in [0.4, 0.5) is 0 Å². The number of hydrogen-bond donors (Lipinski definition) is 1. The molecule has 2 aromatic rings. The summed E-state index contributed by atoms with van der Waals surface area (Å²) in [6, 6.07) is 8.01. The molecular formula is C14H17N3O. The third kappa shape index (κ3) is 3.28. The minimum atomic E-state index is 0.673. The predicted molar refractivity (Wildman–Crippen MR) is 70.3 cm³/mol. The molecule has 0 amide bonds. The molecule has 4 heteroatoms. The van der Waals surface area contributed by atoms with Crippen molar-refractivity contribution in [2.24, 2.45) is 0 Å². The lowest BCUT2D eigenvalue weighted by Gasteiger charge is -2.08. The van der Waals surface area contributed by atoms with E-state index in [0.717, 1.165) is 24.3 Å². The van der Waals surface area contributed by atoms with Crippen molar-refractivity contribution in [2.75, 3.05) is 7.11 Å². The first kappa shape index (κ1) is 12.5. The number of hydrogen-bond acceptors (Lipinski definition) is 4. The smallest absolute Gasteiger partial charge is 0.217 e. The molecule has 94 valence electrons. The Morgan fingerprint density at radius 3 is 2.78 bits per heavy atom. The number of aromatic nitrogens is 2. The number of rotatable bonds is 5. The summed E-state index contributed by atoms with van der Waals surface area (Å²) in [5.74, 6) is 0.673. The van der Waals surface area contributed by atoms with Gasteiger partial charge in [-0.2, -0.15) is 0 Å². The summed E-state index contributed by atoms with van der Waals surface area (Å²) in [5.41, 5.74) is 3.26. The largest absolute Gasteiger partial charge is 0.481 e. The molecule has 0 aliphatic carbocycles. The molecule has 4 nitrogen and oxygen atoms in total. The highest BCUT2D eigenvalue weighted by atomic mass is 16.5. The lowest BCUT2D eigenvalue weighted by Crippen LogP contribution is -2.13. The van der Waals surface area contributed by atoms with E-state index in [9.17, 15) is 0 Å². The van der Waals surface area contributed by atoms with Gasteiger partial charge in [0.15, 0.2) is 0 Å². The van der Waals surface area contributed by atoms with Crippen LogP contribution in [-0.2, 0) is 13.1 Å². The Morgan fingerprint density at radius 1 is 1.17 bits per heavy atom. The van der Waals surface area contributed by atoms with Gasteiger partial charge in [0.05, 0.1) is 7.11 Å². The van der Waals surface area contributed by atoms with Gasteiger partial charge in [-0.25, -0.2) is 4.98 Å². The molecule has 0 bridgehead atoms. The van der Waals surface area contributed by atoms with Gasteiger partial charge in [0.1, 0.15) is 0 Å². The highest BCUT2D eigenvalue weighted by Crippen LogP contribution is 2.13. The Bertz CT molecular complexity index is 497. The van der Waals surface area contributed by atoms with Crippen molar-refractivity contribution in [2.45, 2.75) is 20.0 Å². The van der Waals surface area contributed by atoms with Gasteiger partial charge >= 0.3 is 0 Å². The molecule has 18 heavy (non-hydrogen) atoms. The molecule has 0 atom stereocenters. The molecule has 2 rings (SSSR count). The summed E-state index contributed by atoms with van der Waals surface area (Å²) >= 11 is 0. The van der Waals surface area contributed by atoms with Crippen molar-refractivity contribution < 1.29 is 4.74 Å². The maximum Gasteiger partial charge on any atom is 0.217 e. The van der Waals surface area contributed by atoms with Crippen molar-refractivity contribution in [3.05, 3.63) is 53.5 Å². The van der Waals surface area contributed by atoms with Gasteiger partial charge in [-0.3, -0.25) is 4.98 Å². The number of nitrogens with zero attached hydrogens (tertiary/aromatic N) is 2. The van der Waals surface area contributed by atoms with Crippen molar-refractivity contribution >= 4 is 0 Å². The summed E-state index contributed by atoms with van der Waals surface area (Å²) < 4.78 is 5.20. The molecule has 2 heterocycles. The van der Waals surface area contributed by atoms with Crippen LogP contribution >= 0.6 is 0 Å². The van der Waals surface area contributed by atoms with E-state index in [2.05, 4.69) is 21.4 Å². The quantitative estimate of drug-likeness (QED) is 0.873. The van der Waals surface area contributed by atoms with Crippen LogP contribution in [0.1, 0.15) is 16.8 Å². The van der Waals surface area contributed by atoms with Crippen molar-refractivity contribution in [3.63, 3.8) is 0 Å². The highest BCUT2D eigenvalue weighted by Gasteiger charge is 2.02. The second-order valence-corrected chi connectivity index (χ2v) is 4.08. The fourth-order valence-electron chi connectivity index (χ4n) is 1.69. The Labute approximate surface area is 107 Å². The summed E-state index contributed by atoms with van der Waals surface area (Å²) in [6.07, 6.45) is 3.62. The summed E-state index contributed by atoms with van der Waals surface area (Å²) in [5, 5.41) is 3.35. The molecule has 0 saturated heterocycles. The molecule has 0 fully saturated rings. The highest BCUT2D eigenvalue weighted by molar-refractivity contribution is 5.25. The van der Waals surface area contributed by atoms with E-state index < -0.39 is 0 Å². The van der Waals surface area contributed by atoms with E-state index in [4.69, 9.17) is 4.74 Å². The fraction of sp³-hybridized carbons (Fsp3) is 0.286. The Morgan fingerprint density at radius 2 is 2.06 bits per heavy atom. The molecule has 0 radical (unpaired) electrons. The zero-order chi connectivity index (χ0) is 12.8. The van der Waals surface area contributed by atoms with Crippen molar-refractivity contribution in [1.82, 2.24) is 15.3 Å².